The van der Waals surface area contributed by atoms with Gasteiger partial charge in [-0.2, -0.15) is 0 Å². The smallest absolute Gasteiger partial charge is 0.302 e. The van der Waals surface area contributed by atoms with Crippen LogP contribution in [-0.2, 0) is 28.6 Å². The van der Waals surface area contributed by atoms with Crippen molar-refractivity contribution in [3.05, 3.63) is 30.3 Å². The molecule has 3 fully saturated rings. The van der Waals surface area contributed by atoms with Crippen LogP contribution in [0.4, 0.5) is 5.69 Å². The molecule has 7 nitrogen and oxygen atoms in total. The normalized spacial score (nSPS) is 31.1. The highest BCUT2D eigenvalue weighted by Gasteiger charge is 2.52. The van der Waals surface area contributed by atoms with Gasteiger partial charge < -0.3 is 14.2 Å². The number of Topliss-reactive ketones (excluding diaryl/α,β-unsaturated/α-hetero) is 1. The first-order valence-corrected chi connectivity index (χ1v) is 9.59. The molecule has 0 N–H and O–H groups in total. The molecular weight excluding hydrogens is 350 g/mol. The highest BCUT2D eigenvalue weighted by molar-refractivity contribution is 5.88. The summed E-state index contributed by atoms with van der Waals surface area (Å²) < 4.78 is 17.1. The maximum Gasteiger partial charge on any atom is 0.302 e. The number of esters is 1. The van der Waals surface area contributed by atoms with Gasteiger partial charge in [-0.05, 0) is 25.0 Å². The number of para-hydroxylation sites is 1. The Kier molecular flexibility index (Phi) is 5.43. The monoisotopic (exact) mass is 375 g/mol. The van der Waals surface area contributed by atoms with E-state index in [0.29, 0.717) is 6.54 Å². The van der Waals surface area contributed by atoms with Crippen LogP contribution in [0.15, 0.2) is 30.3 Å². The zero-order chi connectivity index (χ0) is 18.8. The minimum atomic E-state index is -0.819. The predicted molar refractivity (Wildman–Crippen MR) is 95.8 cm³/mol. The Morgan fingerprint density at radius 1 is 1.22 bits per heavy atom. The molecule has 4 atom stereocenters. The highest BCUT2D eigenvalue weighted by Crippen LogP contribution is 2.37. The number of ether oxygens (including phenoxy) is 3. The molecule has 1 aromatic carbocycles. The van der Waals surface area contributed by atoms with Gasteiger partial charge in [0.2, 0.25) is 0 Å². The van der Waals surface area contributed by atoms with Crippen LogP contribution in [0, 0.1) is 5.92 Å². The second-order valence-electron chi connectivity index (χ2n) is 7.31. The minimum Gasteiger partial charge on any atom is -0.463 e. The second-order valence-corrected chi connectivity index (χ2v) is 7.31. The van der Waals surface area contributed by atoms with E-state index < -0.39 is 24.5 Å². The van der Waals surface area contributed by atoms with Crippen LogP contribution in [0.25, 0.3) is 0 Å². The number of anilines is 1. The number of hydrogen-bond donors (Lipinski definition) is 0. The fraction of sp³-hybridized carbons (Fsp3) is 0.600. The number of hydrogen-bond acceptors (Lipinski definition) is 7. The van der Waals surface area contributed by atoms with Gasteiger partial charge in [-0.15, -0.1) is 0 Å². The van der Waals surface area contributed by atoms with Gasteiger partial charge in [0, 0.05) is 6.92 Å². The molecule has 3 aliphatic rings. The summed E-state index contributed by atoms with van der Waals surface area (Å²) in [4.78, 5) is 30.1. The molecule has 0 amide bonds. The first-order chi connectivity index (χ1) is 13.1. The van der Waals surface area contributed by atoms with E-state index in [1.165, 1.54) is 6.92 Å². The van der Waals surface area contributed by atoms with Gasteiger partial charge in [-0.3, -0.25) is 19.5 Å². The summed E-state index contributed by atoms with van der Waals surface area (Å²) in [7, 11) is 0. The molecule has 0 radical (unpaired) electrons. The standard InChI is InChI=1S/C20H25NO6/c1-13(22)24-12-17-18(23)16-11-21(14-7-3-2-4-8-14)27-19(16)20(26-17)25-15-9-5-6-10-15/h2-4,7-8,15-17,19-20H,5-6,9-12H2,1H3/t16-,17+,19-,20-/m0/s1. The van der Waals surface area contributed by atoms with E-state index in [9.17, 15) is 9.59 Å². The number of benzene rings is 1. The lowest BCUT2D eigenvalue weighted by molar-refractivity contribution is -0.260. The third-order valence-electron chi connectivity index (χ3n) is 5.37. The minimum absolute atomic E-state index is 0.0900. The average Bonchev–Trinajstić information content (AvgIpc) is 3.33. The van der Waals surface area contributed by atoms with E-state index in [1.54, 1.807) is 5.06 Å². The van der Waals surface area contributed by atoms with Gasteiger partial charge in [-0.25, -0.2) is 0 Å². The van der Waals surface area contributed by atoms with E-state index in [0.717, 1.165) is 31.4 Å². The molecular formula is C20H25NO6. The lowest BCUT2D eigenvalue weighted by Crippen LogP contribution is -2.54. The average molecular weight is 375 g/mol. The summed E-state index contributed by atoms with van der Waals surface area (Å²) in [5, 5.41) is 1.73. The Morgan fingerprint density at radius 3 is 2.67 bits per heavy atom. The molecule has 2 saturated heterocycles. The quantitative estimate of drug-likeness (QED) is 0.731. The van der Waals surface area contributed by atoms with Gasteiger partial charge in [0.05, 0.1) is 24.3 Å². The largest absolute Gasteiger partial charge is 0.463 e. The van der Waals surface area contributed by atoms with Crippen molar-refractivity contribution >= 4 is 17.4 Å². The van der Waals surface area contributed by atoms with Crippen molar-refractivity contribution < 1.29 is 28.6 Å². The molecule has 2 heterocycles. The van der Waals surface area contributed by atoms with E-state index in [4.69, 9.17) is 19.0 Å². The van der Waals surface area contributed by atoms with E-state index in [1.807, 2.05) is 30.3 Å². The van der Waals surface area contributed by atoms with E-state index in [2.05, 4.69) is 0 Å². The second kappa shape index (κ2) is 7.96. The van der Waals surface area contributed by atoms with Crippen molar-refractivity contribution in [3.8, 4) is 0 Å². The third kappa shape index (κ3) is 4.00. The number of carbonyl (C=O) groups excluding carboxylic acids is 2. The first-order valence-electron chi connectivity index (χ1n) is 9.59. The summed E-state index contributed by atoms with van der Waals surface area (Å²) in [6, 6.07) is 9.66. The van der Waals surface area contributed by atoms with Crippen LogP contribution >= 0.6 is 0 Å². The van der Waals surface area contributed by atoms with Crippen molar-refractivity contribution in [1.82, 2.24) is 0 Å². The molecule has 1 aromatic rings. The van der Waals surface area contributed by atoms with Crippen molar-refractivity contribution in [2.75, 3.05) is 18.2 Å². The number of nitrogens with zero attached hydrogens (tertiary/aromatic N) is 1. The Morgan fingerprint density at radius 2 is 1.96 bits per heavy atom. The van der Waals surface area contributed by atoms with Crippen LogP contribution in [0.5, 0.6) is 0 Å². The van der Waals surface area contributed by atoms with Gasteiger partial charge in [0.25, 0.3) is 0 Å². The van der Waals surface area contributed by atoms with Crippen molar-refractivity contribution in [2.24, 2.45) is 5.92 Å². The number of rotatable bonds is 5. The molecule has 146 valence electrons. The molecule has 7 heteroatoms. The van der Waals surface area contributed by atoms with Gasteiger partial charge in [-0.1, -0.05) is 31.0 Å². The number of fused-ring (bicyclic) bond motifs is 1. The number of carbonyl (C=O) groups is 2. The Labute approximate surface area is 158 Å². The number of hydroxylamine groups is 1. The summed E-state index contributed by atoms with van der Waals surface area (Å²) >= 11 is 0. The predicted octanol–water partition coefficient (Wildman–Crippen LogP) is 2.24. The van der Waals surface area contributed by atoms with Gasteiger partial charge >= 0.3 is 5.97 Å². The van der Waals surface area contributed by atoms with Crippen LogP contribution in [0.1, 0.15) is 32.6 Å². The fourth-order valence-corrected chi connectivity index (χ4v) is 3.98. The van der Waals surface area contributed by atoms with Crippen molar-refractivity contribution in [3.63, 3.8) is 0 Å². The zero-order valence-electron chi connectivity index (χ0n) is 15.4. The number of ketones is 1. The third-order valence-corrected chi connectivity index (χ3v) is 5.37. The van der Waals surface area contributed by atoms with Crippen molar-refractivity contribution in [1.29, 1.82) is 0 Å². The molecule has 0 bridgehead atoms. The molecule has 0 aromatic heterocycles. The van der Waals surface area contributed by atoms with Crippen molar-refractivity contribution in [2.45, 2.75) is 57.2 Å². The zero-order valence-corrected chi connectivity index (χ0v) is 15.4. The summed E-state index contributed by atoms with van der Waals surface area (Å²) in [5.74, 6) is -0.924. The maximum atomic E-state index is 12.9. The van der Waals surface area contributed by atoms with Crippen LogP contribution in [-0.4, -0.2) is 49.5 Å². The molecule has 0 unspecified atom stereocenters. The van der Waals surface area contributed by atoms with Crippen LogP contribution in [0.2, 0.25) is 0 Å². The summed E-state index contributed by atoms with van der Waals surface area (Å²) in [6.45, 7) is 1.66. The van der Waals surface area contributed by atoms with Gasteiger partial charge in [0.15, 0.2) is 18.2 Å². The maximum absolute atomic E-state index is 12.9. The molecule has 2 aliphatic heterocycles. The molecule has 1 saturated carbocycles. The van der Waals surface area contributed by atoms with Crippen LogP contribution in [0.3, 0.4) is 0 Å². The van der Waals surface area contributed by atoms with E-state index in [-0.39, 0.29) is 24.4 Å². The molecule has 1 aliphatic carbocycles. The first kappa shape index (κ1) is 18.4. The lowest BCUT2D eigenvalue weighted by atomic mass is 9.91. The van der Waals surface area contributed by atoms with Crippen LogP contribution < -0.4 is 5.06 Å². The summed E-state index contributed by atoms with van der Waals surface area (Å²) in [5.41, 5.74) is 0.885. The fourth-order valence-electron chi connectivity index (χ4n) is 3.98. The Hall–Kier alpha value is -1.96. The Balaban J connectivity index is 1.52. The van der Waals surface area contributed by atoms with Gasteiger partial charge in [0.1, 0.15) is 12.7 Å². The molecule has 27 heavy (non-hydrogen) atoms. The van der Waals surface area contributed by atoms with E-state index >= 15 is 0 Å². The SMILES string of the molecule is CC(=O)OC[C@H]1O[C@H](OC2CCCC2)[C@H]2ON(c3ccccc3)C[C@H]2C1=O. The topological polar surface area (TPSA) is 74.3 Å². The molecule has 4 rings (SSSR count). The Bertz CT molecular complexity index is 674. The highest BCUT2D eigenvalue weighted by atomic mass is 16.8. The summed E-state index contributed by atoms with van der Waals surface area (Å²) in [6.07, 6.45) is 2.41. The molecule has 0 spiro atoms. The lowest BCUT2D eigenvalue weighted by Gasteiger charge is -2.36.